The fraction of sp³-hybridized carbons (Fsp3) is 0.591. The van der Waals surface area contributed by atoms with Gasteiger partial charge in [0.2, 0.25) is 11.8 Å². The quantitative estimate of drug-likeness (QED) is 0.560. The number of nitrogens with one attached hydrogen (secondary N) is 1. The van der Waals surface area contributed by atoms with Crippen LogP contribution in [0.25, 0.3) is 0 Å². The van der Waals surface area contributed by atoms with Crippen LogP contribution < -0.4 is 14.8 Å². The average Bonchev–Trinajstić information content (AvgIpc) is 3.61. The summed E-state index contributed by atoms with van der Waals surface area (Å²) in [5.74, 6) is 1.78. The molecule has 1 aromatic carbocycles. The normalized spacial score (nSPS) is 19.0. The molecule has 29 heavy (non-hydrogen) atoms. The highest BCUT2D eigenvalue weighted by atomic mass is 16.6. The number of ether oxygens (including phenoxy) is 2. The largest absolute Gasteiger partial charge is 0.486 e. The molecule has 1 N–H and O–H groups in total. The summed E-state index contributed by atoms with van der Waals surface area (Å²) in [6.45, 7) is 2.79. The number of hydrogen-bond acceptors (Lipinski definition) is 5. The Morgan fingerprint density at radius 1 is 0.966 bits per heavy atom. The third-order valence-corrected chi connectivity index (χ3v) is 5.86. The summed E-state index contributed by atoms with van der Waals surface area (Å²) >= 11 is 0. The molecule has 0 aromatic heterocycles. The minimum absolute atomic E-state index is 0.0700. The van der Waals surface area contributed by atoms with Crippen LogP contribution in [0.5, 0.6) is 11.5 Å². The second-order valence-electron chi connectivity index (χ2n) is 8.05. The highest BCUT2D eigenvalue weighted by Crippen LogP contribution is 2.32. The molecule has 2 aliphatic heterocycles. The van der Waals surface area contributed by atoms with Crippen molar-refractivity contribution in [2.75, 3.05) is 32.8 Å². The van der Waals surface area contributed by atoms with Gasteiger partial charge in [-0.15, -0.1) is 0 Å². The number of likely N-dealkylation sites (tertiary alicyclic amines) is 1. The first-order chi connectivity index (χ1) is 14.1. The molecule has 4 rings (SSSR count). The van der Waals surface area contributed by atoms with Crippen LogP contribution in [0.15, 0.2) is 18.2 Å². The number of piperidine rings is 1. The number of carbonyl (C=O) groups is 3. The van der Waals surface area contributed by atoms with Crippen LogP contribution in [-0.4, -0.2) is 55.3 Å². The van der Waals surface area contributed by atoms with Crippen molar-refractivity contribution in [3.05, 3.63) is 23.8 Å². The van der Waals surface area contributed by atoms with Gasteiger partial charge in [-0.05, 0) is 50.3 Å². The molecule has 1 aromatic rings. The van der Waals surface area contributed by atoms with Crippen LogP contribution in [0.3, 0.4) is 0 Å². The lowest BCUT2D eigenvalue weighted by Gasteiger charge is -2.31. The van der Waals surface area contributed by atoms with E-state index in [4.69, 9.17) is 9.47 Å². The van der Waals surface area contributed by atoms with Crippen molar-refractivity contribution in [2.45, 2.75) is 38.5 Å². The zero-order valence-electron chi connectivity index (χ0n) is 16.7. The molecule has 1 aliphatic carbocycles. The van der Waals surface area contributed by atoms with Gasteiger partial charge in [0, 0.05) is 43.5 Å². The molecule has 0 bridgehead atoms. The first kappa shape index (κ1) is 19.7. The Hall–Kier alpha value is -2.57. The smallest absolute Gasteiger partial charge is 0.223 e. The predicted octanol–water partition coefficient (Wildman–Crippen LogP) is 2.19. The Kier molecular flexibility index (Phi) is 6.02. The molecule has 1 saturated heterocycles. The number of Topliss-reactive ketones (excluding diaryl/α,β-unsaturated/α-hetero) is 1. The van der Waals surface area contributed by atoms with E-state index in [-0.39, 0.29) is 29.4 Å². The van der Waals surface area contributed by atoms with Crippen LogP contribution in [0.1, 0.15) is 48.9 Å². The topological polar surface area (TPSA) is 84.9 Å². The standard InChI is InChI=1S/C22H28N2O5/c25-20(2-1-9-23-22(27)16-3-4-16)24-10-7-15(8-11-24)21(26)17-5-6-18-19(14-17)29-13-12-28-18/h5-6,14-16H,1-4,7-13H2,(H,23,27). The molecule has 3 aliphatic rings. The number of amides is 2. The maximum atomic E-state index is 12.9. The van der Waals surface area contributed by atoms with E-state index < -0.39 is 0 Å². The van der Waals surface area contributed by atoms with E-state index in [0.717, 1.165) is 12.8 Å². The lowest BCUT2D eigenvalue weighted by molar-refractivity contribution is -0.132. The van der Waals surface area contributed by atoms with Gasteiger partial charge in [0.25, 0.3) is 0 Å². The molecule has 2 fully saturated rings. The molecule has 0 unspecified atom stereocenters. The first-order valence-electron chi connectivity index (χ1n) is 10.6. The Balaban J connectivity index is 1.21. The minimum Gasteiger partial charge on any atom is -0.486 e. The summed E-state index contributed by atoms with van der Waals surface area (Å²) in [6.07, 6.45) is 4.43. The Bertz CT molecular complexity index is 781. The lowest BCUT2D eigenvalue weighted by atomic mass is 9.88. The van der Waals surface area contributed by atoms with E-state index in [9.17, 15) is 14.4 Å². The van der Waals surface area contributed by atoms with Gasteiger partial charge < -0.3 is 19.7 Å². The van der Waals surface area contributed by atoms with Crippen molar-refractivity contribution in [3.8, 4) is 11.5 Å². The van der Waals surface area contributed by atoms with Crippen molar-refractivity contribution in [2.24, 2.45) is 11.8 Å². The van der Waals surface area contributed by atoms with E-state index >= 15 is 0 Å². The Morgan fingerprint density at radius 2 is 1.69 bits per heavy atom. The molecule has 7 nitrogen and oxygen atoms in total. The zero-order chi connectivity index (χ0) is 20.2. The summed E-state index contributed by atoms with van der Waals surface area (Å²) in [4.78, 5) is 38.7. The van der Waals surface area contributed by atoms with Crippen molar-refractivity contribution in [3.63, 3.8) is 0 Å². The number of nitrogens with zero attached hydrogens (tertiary/aromatic N) is 1. The average molecular weight is 400 g/mol. The molecular formula is C22H28N2O5. The van der Waals surface area contributed by atoms with E-state index in [1.54, 1.807) is 18.2 Å². The number of rotatable bonds is 7. The van der Waals surface area contributed by atoms with E-state index in [1.165, 1.54) is 0 Å². The predicted molar refractivity (Wildman–Crippen MR) is 106 cm³/mol. The summed E-state index contributed by atoms with van der Waals surface area (Å²) in [6, 6.07) is 5.36. The molecular weight excluding hydrogens is 372 g/mol. The molecule has 0 radical (unpaired) electrons. The fourth-order valence-corrected chi connectivity index (χ4v) is 3.92. The van der Waals surface area contributed by atoms with Crippen LogP contribution >= 0.6 is 0 Å². The number of carbonyl (C=O) groups excluding carboxylic acids is 3. The number of hydrogen-bond donors (Lipinski definition) is 1. The van der Waals surface area contributed by atoms with Gasteiger partial charge in [-0.2, -0.15) is 0 Å². The Morgan fingerprint density at radius 3 is 2.41 bits per heavy atom. The second-order valence-corrected chi connectivity index (χ2v) is 8.05. The minimum atomic E-state index is -0.0700. The van der Waals surface area contributed by atoms with E-state index in [2.05, 4.69) is 5.32 Å². The van der Waals surface area contributed by atoms with Crippen LogP contribution in [0, 0.1) is 11.8 Å². The van der Waals surface area contributed by atoms with Crippen molar-refractivity contribution >= 4 is 17.6 Å². The summed E-state index contributed by atoms with van der Waals surface area (Å²) in [5, 5.41) is 2.89. The maximum absolute atomic E-state index is 12.9. The van der Waals surface area contributed by atoms with Crippen LogP contribution in [0.4, 0.5) is 0 Å². The molecule has 2 heterocycles. The van der Waals surface area contributed by atoms with Gasteiger partial charge in [0.15, 0.2) is 17.3 Å². The van der Waals surface area contributed by atoms with Crippen molar-refractivity contribution < 1.29 is 23.9 Å². The number of ketones is 1. The third kappa shape index (κ3) is 4.89. The second kappa shape index (κ2) is 8.84. The van der Waals surface area contributed by atoms with E-state index in [1.807, 2.05) is 4.90 Å². The number of benzene rings is 1. The van der Waals surface area contributed by atoms with Crippen LogP contribution in [0.2, 0.25) is 0 Å². The molecule has 7 heteroatoms. The van der Waals surface area contributed by atoms with Gasteiger partial charge in [-0.3, -0.25) is 14.4 Å². The molecule has 0 atom stereocenters. The van der Waals surface area contributed by atoms with Gasteiger partial charge in [-0.25, -0.2) is 0 Å². The van der Waals surface area contributed by atoms with Gasteiger partial charge in [0.1, 0.15) is 13.2 Å². The fourth-order valence-electron chi connectivity index (χ4n) is 3.92. The third-order valence-electron chi connectivity index (χ3n) is 5.86. The lowest BCUT2D eigenvalue weighted by Crippen LogP contribution is -2.40. The molecule has 156 valence electrons. The van der Waals surface area contributed by atoms with Crippen LogP contribution in [-0.2, 0) is 9.59 Å². The maximum Gasteiger partial charge on any atom is 0.223 e. The zero-order valence-corrected chi connectivity index (χ0v) is 16.7. The Labute approximate surface area is 170 Å². The van der Waals surface area contributed by atoms with Gasteiger partial charge in [0.05, 0.1) is 0 Å². The summed E-state index contributed by atoms with van der Waals surface area (Å²) < 4.78 is 11.1. The highest BCUT2D eigenvalue weighted by molar-refractivity contribution is 5.98. The summed E-state index contributed by atoms with van der Waals surface area (Å²) in [7, 11) is 0. The van der Waals surface area contributed by atoms with Crippen molar-refractivity contribution in [1.82, 2.24) is 10.2 Å². The van der Waals surface area contributed by atoms with E-state index in [0.29, 0.717) is 75.6 Å². The number of fused-ring (bicyclic) bond motifs is 1. The van der Waals surface area contributed by atoms with Gasteiger partial charge in [-0.1, -0.05) is 0 Å². The molecule has 0 spiro atoms. The highest BCUT2D eigenvalue weighted by Gasteiger charge is 2.30. The van der Waals surface area contributed by atoms with Gasteiger partial charge >= 0.3 is 0 Å². The SMILES string of the molecule is O=C(NCCCC(=O)N1CCC(C(=O)c2ccc3c(c2)OCCO3)CC1)C1CC1. The molecule has 2 amide bonds. The monoisotopic (exact) mass is 400 g/mol. The first-order valence-corrected chi connectivity index (χ1v) is 10.6. The van der Waals surface area contributed by atoms with Crippen molar-refractivity contribution in [1.29, 1.82) is 0 Å². The molecule has 1 saturated carbocycles. The summed E-state index contributed by atoms with van der Waals surface area (Å²) in [5.41, 5.74) is 0.644.